The SMILES string of the molecule is NC(=O)[C@H]1CCN(C(=O)/C=C/c2ccc(Cl)c(Cl)c2)C1. The Morgan fingerprint density at radius 1 is 1.30 bits per heavy atom. The monoisotopic (exact) mass is 312 g/mol. The predicted molar refractivity (Wildman–Crippen MR) is 79.4 cm³/mol. The van der Waals surface area contributed by atoms with Crippen LogP contribution in [0.3, 0.4) is 0 Å². The van der Waals surface area contributed by atoms with Crippen molar-refractivity contribution in [1.29, 1.82) is 0 Å². The molecule has 0 aliphatic carbocycles. The number of carbonyl (C=O) groups excluding carboxylic acids is 2. The van der Waals surface area contributed by atoms with Crippen molar-refractivity contribution < 1.29 is 9.59 Å². The van der Waals surface area contributed by atoms with Gasteiger partial charge >= 0.3 is 0 Å². The van der Waals surface area contributed by atoms with Crippen LogP contribution < -0.4 is 5.73 Å². The summed E-state index contributed by atoms with van der Waals surface area (Å²) in [5.41, 5.74) is 6.02. The van der Waals surface area contributed by atoms with Crippen LogP contribution in [-0.2, 0) is 9.59 Å². The fourth-order valence-electron chi connectivity index (χ4n) is 2.08. The smallest absolute Gasteiger partial charge is 0.246 e. The van der Waals surface area contributed by atoms with E-state index >= 15 is 0 Å². The molecule has 0 saturated carbocycles. The molecule has 1 aliphatic rings. The molecule has 1 heterocycles. The van der Waals surface area contributed by atoms with Crippen LogP contribution in [0, 0.1) is 5.92 Å². The zero-order valence-electron chi connectivity index (χ0n) is 10.7. The van der Waals surface area contributed by atoms with Gasteiger partial charge in [-0.3, -0.25) is 9.59 Å². The van der Waals surface area contributed by atoms with Crippen LogP contribution in [0.5, 0.6) is 0 Å². The van der Waals surface area contributed by atoms with E-state index in [4.69, 9.17) is 28.9 Å². The normalized spacial score (nSPS) is 18.7. The van der Waals surface area contributed by atoms with E-state index in [1.807, 2.05) is 0 Å². The maximum absolute atomic E-state index is 12.0. The zero-order chi connectivity index (χ0) is 14.7. The van der Waals surface area contributed by atoms with Crippen LogP contribution >= 0.6 is 23.2 Å². The highest BCUT2D eigenvalue weighted by Crippen LogP contribution is 2.23. The van der Waals surface area contributed by atoms with Crippen molar-refractivity contribution in [1.82, 2.24) is 4.90 Å². The summed E-state index contributed by atoms with van der Waals surface area (Å²) in [6.07, 6.45) is 3.76. The minimum atomic E-state index is -0.353. The van der Waals surface area contributed by atoms with Crippen molar-refractivity contribution in [3.05, 3.63) is 39.9 Å². The van der Waals surface area contributed by atoms with E-state index in [1.165, 1.54) is 6.08 Å². The van der Waals surface area contributed by atoms with E-state index in [-0.39, 0.29) is 17.7 Å². The van der Waals surface area contributed by atoms with E-state index in [0.29, 0.717) is 29.6 Å². The number of rotatable bonds is 3. The van der Waals surface area contributed by atoms with Gasteiger partial charge in [-0.2, -0.15) is 0 Å². The first-order chi connectivity index (χ1) is 9.47. The first-order valence-electron chi connectivity index (χ1n) is 6.18. The Bertz CT molecular complexity index is 572. The van der Waals surface area contributed by atoms with Crippen LogP contribution in [0.4, 0.5) is 0 Å². The summed E-state index contributed by atoms with van der Waals surface area (Å²) in [7, 11) is 0. The average Bonchev–Trinajstić information content (AvgIpc) is 2.89. The second-order valence-electron chi connectivity index (χ2n) is 4.68. The Morgan fingerprint density at radius 3 is 2.65 bits per heavy atom. The molecule has 1 aromatic rings. The lowest BCUT2D eigenvalue weighted by molar-refractivity contribution is -0.125. The van der Waals surface area contributed by atoms with Crippen LogP contribution in [0.25, 0.3) is 6.08 Å². The van der Waals surface area contributed by atoms with Crippen molar-refractivity contribution in [3.63, 3.8) is 0 Å². The third kappa shape index (κ3) is 3.52. The molecule has 0 unspecified atom stereocenters. The molecule has 1 atom stereocenters. The lowest BCUT2D eigenvalue weighted by Gasteiger charge is -2.13. The number of hydrogen-bond donors (Lipinski definition) is 1. The van der Waals surface area contributed by atoms with Crippen molar-refractivity contribution in [3.8, 4) is 0 Å². The minimum Gasteiger partial charge on any atom is -0.369 e. The summed E-state index contributed by atoms with van der Waals surface area (Å²) in [6, 6.07) is 5.13. The van der Waals surface area contributed by atoms with Crippen molar-refractivity contribution in [2.24, 2.45) is 11.7 Å². The molecule has 106 valence electrons. The van der Waals surface area contributed by atoms with Gasteiger partial charge in [0, 0.05) is 19.2 Å². The first kappa shape index (κ1) is 14.9. The summed E-state index contributed by atoms with van der Waals surface area (Å²) in [6.45, 7) is 0.942. The molecule has 0 aromatic heterocycles. The molecule has 6 heteroatoms. The summed E-state index contributed by atoms with van der Waals surface area (Å²) in [5.74, 6) is -0.731. The number of nitrogens with two attached hydrogens (primary N) is 1. The molecule has 1 saturated heterocycles. The van der Waals surface area contributed by atoms with Gasteiger partial charge in [0.25, 0.3) is 0 Å². The largest absolute Gasteiger partial charge is 0.369 e. The van der Waals surface area contributed by atoms with Gasteiger partial charge in [0.2, 0.25) is 11.8 Å². The molecular weight excluding hydrogens is 299 g/mol. The topological polar surface area (TPSA) is 63.4 Å². The maximum atomic E-state index is 12.0. The zero-order valence-corrected chi connectivity index (χ0v) is 12.2. The highest BCUT2D eigenvalue weighted by atomic mass is 35.5. The standard InChI is InChI=1S/C14H14Cl2N2O2/c15-11-3-1-9(7-12(11)16)2-4-13(19)18-6-5-10(8-18)14(17)20/h1-4,7,10H,5-6,8H2,(H2,17,20)/b4-2+/t10-/m0/s1. The fraction of sp³-hybridized carbons (Fsp3) is 0.286. The number of carbonyl (C=O) groups is 2. The predicted octanol–water partition coefficient (Wildman–Crippen LogP) is 2.34. The van der Waals surface area contributed by atoms with Gasteiger partial charge in [0.1, 0.15) is 0 Å². The number of benzene rings is 1. The average molecular weight is 313 g/mol. The van der Waals surface area contributed by atoms with E-state index in [0.717, 1.165) is 5.56 Å². The molecule has 0 radical (unpaired) electrons. The van der Waals surface area contributed by atoms with Crippen LogP contribution in [-0.4, -0.2) is 29.8 Å². The van der Waals surface area contributed by atoms with E-state index in [9.17, 15) is 9.59 Å². The van der Waals surface area contributed by atoms with Gasteiger partial charge in [0.05, 0.1) is 16.0 Å². The lowest BCUT2D eigenvalue weighted by atomic mass is 10.1. The number of amides is 2. The molecular formula is C14H14Cl2N2O2. The van der Waals surface area contributed by atoms with E-state index in [1.54, 1.807) is 29.2 Å². The molecule has 2 N–H and O–H groups in total. The maximum Gasteiger partial charge on any atom is 0.246 e. The Kier molecular flexibility index (Phi) is 4.68. The van der Waals surface area contributed by atoms with Gasteiger partial charge < -0.3 is 10.6 Å². The van der Waals surface area contributed by atoms with E-state index in [2.05, 4.69) is 0 Å². The molecule has 4 nitrogen and oxygen atoms in total. The molecule has 1 aromatic carbocycles. The Balaban J connectivity index is 1.99. The lowest BCUT2D eigenvalue weighted by Crippen LogP contribution is -2.30. The van der Waals surface area contributed by atoms with Crippen molar-refractivity contribution in [2.75, 3.05) is 13.1 Å². The molecule has 0 bridgehead atoms. The quantitative estimate of drug-likeness (QED) is 0.871. The molecule has 20 heavy (non-hydrogen) atoms. The highest BCUT2D eigenvalue weighted by molar-refractivity contribution is 6.42. The Hall–Kier alpha value is -1.52. The second-order valence-corrected chi connectivity index (χ2v) is 5.49. The van der Waals surface area contributed by atoms with Crippen LogP contribution in [0.1, 0.15) is 12.0 Å². The number of hydrogen-bond acceptors (Lipinski definition) is 2. The molecule has 2 amide bonds. The second kappa shape index (κ2) is 6.29. The summed E-state index contributed by atoms with van der Waals surface area (Å²) < 4.78 is 0. The van der Waals surface area contributed by atoms with Crippen LogP contribution in [0.2, 0.25) is 10.0 Å². The first-order valence-corrected chi connectivity index (χ1v) is 6.94. The van der Waals surface area contributed by atoms with Crippen molar-refractivity contribution in [2.45, 2.75) is 6.42 Å². The molecule has 1 aliphatic heterocycles. The minimum absolute atomic E-state index is 0.139. The van der Waals surface area contributed by atoms with Gasteiger partial charge in [-0.05, 0) is 30.2 Å². The fourth-order valence-corrected chi connectivity index (χ4v) is 2.39. The molecule has 0 spiro atoms. The van der Waals surface area contributed by atoms with Gasteiger partial charge in [-0.1, -0.05) is 29.3 Å². The van der Waals surface area contributed by atoms with Crippen LogP contribution in [0.15, 0.2) is 24.3 Å². The van der Waals surface area contributed by atoms with Gasteiger partial charge in [-0.15, -0.1) is 0 Å². The highest BCUT2D eigenvalue weighted by Gasteiger charge is 2.28. The Labute approximate surface area is 127 Å². The molecule has 1 fully saturated rings. The summed E-state index contributed by atoms with van der Waals surface area (Å²) in [4.78, 5) is 24.6. The number of likely N-dealkylation sites (tertiary alicyclic amines) is 1. The summed E-state index contributed by atoms with van der Waals surface area (Å²) in [5, 5.41) is 0.912. The van der Waals surface area contributed by atoms with Gasteiger partial charge in [-0.25, -0.2) is 0 Å². The number of halogens is 2. The Morgan fingerprint density at radius 2 is 2.05 bits per heavy atom. The molecule has 2 rings (SSSR count). The number of nitrogens with zero attached hydrogens (tertiary/aromatic N) is 1. The number of primary amides is 1. The third-order valence-electron chi connectivity index (χ3n) is 3.26. The summed E-state index contributed by atoms with van der Waals surface area (Å²) >= 11 is 11.7. The van der Waals surface area contributed by atoms with E-state index < -0.39 is 0 Å². The third-order valence-corrected chi connectivity index (χ3v) is 4.00. The van der Waals surface area contributed by atoms with Crippen molar-refractivity contribution >= 4 is 41.1 Å². The van der Waals surface area contributed by atoms with Gasteiger partial charge in [0.15, 0.2) is 0 Å².